The molecule has 3 heteroatoms. The molecule has 4 aliphatic carbocycles. The Balaban J connectivity index is 0.896. The SMILES string of the molecule is Cc1cc(C)c(N(c2ccc3c(c2)C(C)(C)c2cc(-c4ccc5c(c4)C(C)(C)c4ccccc4-5)c4c(c2-3)-c2ccccc2CO4)c2ccc3c(c2)C(C)(C)c2c4c(c5c(oc6ccccc65)c2-3)-c2ccccc2C4(C)C)c(C)c1. The summed E-state index contributed by atoms with van der Waals surface area (Å²) in [5.41, 5.74) is 35.5. The first-order valence-corrected chi connectivity index (χ1v) is 28.4. The predicted molar refractivity (Wildman–Crippen MR) is 328 cm³/mol. The van der Waals surface area contributed by atoms with Gasteiger partial charge in [0, 0.05) is 60.5 Å². The summed E-state index contributed by atoms with van der Waals surface area (Å²) >= 11 is 0. The van der Waals surface area contributed by atoms with Gasteiger partial charge in [0.2, 0.25) is 0 Å². The van der Waals surface area contributed by atoms with Crippen molar-refractivity contribution < 1.29 is 9.15 Å². The van der Waals surface area contributed by atoms with E-state index in [9.17, 15) is 0 Å². The fourth-order valence-electron chi connectivity index (χ4n) is 16.1. The highest BCUT2D eigenvalue weighted by molar-refractivity contribution is 6.21. The smallest absolute Gasteiger partial charge is 0.144 e. The van der Waals surface area contributed by atoms with Gasteiger partial charge in [0.25, 0.3) is 0 Å². The van der Waals surface area contributed by atoms with Crippen molar-refractivity contribution in [2.24, 2.45) is 0 Å². The summed E-state index contributed by atoms with van der Waals surface area (Å²) in [4.78, 5) is 2.56. The molecule has 0 bridgehead atoms. The highest BCUT2D eigenvalue weighted by atomic mass is 16.5. The van der Waals surface area contributed by atoms with Gasteiger partial charge in [-0.05, 0) is 175 Å². The minimum absolute atomic E-state index is 0.124. The van der Waals surface area contributed by atoms with Gasteiger partial charge in [0.05, 0.1) is 5.69 Å². The molecule has 0 unspecified atom stereocenters. The summed E-state index contributed by atoms with van der Waals surface area (Å²) in [5.74, 6) is 0.977. The first-order chi connectivity index (χ1) is 38.0. The van der Waals surface area contributed by atoms with Gasteiger partial charge in [-0.1, -0.05) is 188 Å². The number of rotatable bonds is 4. The van der Waals surface area contributed by atoms with Gasteiger partial charge in [-0.15, -0.1) is 0 Å². The predicted octanol–water partition coefficient (Wildman–Crippen LogP) is 20.4. The van der Waals surface area contributed by atoms with Crippen molar-refractivity contribution >= 4 is 39.0 Å². The lowest BCUT2D eigenvalue weighted by molar-refractivity contribution is 0.303. The highest BCUT2D eigenvalue weighted by Crippen LogP contribution is 2.65. The number of aryl methyl sites for hydroxylation is 3. The second kappa shape index (κ2) is 15.5. The van der Waals surface area contributed by atoms with Crippen molar-refractivity contribution in [3.63, 3.8) is 0 Å². The van der Waals surface area contributed by atoms with Crippen LogP contribution < -0.4 is 9.64 Å². The van der Waals surface area contributed by atoms with Gasteiger partial charge in [0.1, 0.15) is 23.5 Å². The Bertz CT molecular complexity index is 4570. The molecule has 0 amide bonds. The highest BCUT2D eigenvalue weighted by Gasteiger charge is 2.49. The van der Waals surface area contributed by atoms with Crippen LogP contribution >= 0.6 is 0 Å². The molecular formula is C76H63NO2. The van der Waals surface area contributed by atoms with Crippen LogP contribution in [0.1, 0.15) is 122 Å². The maximum atomic E-state index is 7.11. The van der Waals surface area contributed by atoms with E-state index in [2.05, 4.69) is 251 Å². The molecule has 1 aliphatic heterocycles. The Labute approximate surface area is 464 Å². The zero-order chi connectivity index (χ0) is 54.0. The molecule has 11 aromatic rings. The Morgan fingerprint density at radius 3 is 1.67 bits per heavy atom. The molecule has 3 nitrogen and oxygen atoms in total. The van der Waals surface area contributed by atoms with E-state index >= 15 is 0 Å². The van der Waals surface area contributed by atoms with Crippen LogP contribution in [0, 0.1) is 20.8 Å². The molecule has 10 aromatic carbocycles. The summed E-state index contributed by atoms with van der Waals surface area (Å²) in [5, 5.41) is 2.41. The largest absolute Gasteiger partial charge is 0.488 e. The minimum atomic E-state index is -0.352. The van der Waals surface area contributed by atoms with Crippen molar-refractivity contribution in [3.05, 3.63) is 237 Å². The lowest BCUT2D eigenvalue weighted by Gasteiger charge is -2.33. The van der Waals surface area contributed by atoms with E-state index in [0.717, 1.165) is 33.9 Å². The van der Waals surface area contributed by atoms with Crippen LogP contribution in [0.5, 0.6) is 5.75 Å². The zero-order valence-electron chi connectivity index (χ0n) is 47.1. The standard InChI is InChI=1S/C76H63NO2/c1-41-34-42(2)70(43(3)35-41)77(47-30-33-53-60(38-47)76(10,11)69-67(53)72-66(54-24-16-19-27-62(54)79-72)64-51-23-15-18-26-57(51)75(8,9)68(64)69)46-29-32-52-59(37-46)74(6,7)61-39-55(71-65(63(52)61)48-21-13-12-20-45(48)40-78-71)44-28-31-50-49-22-14-17-25-56(49)73(4,5)58(50)36-44/h12-39H,40H2,1-11H3. The normalized spacial score (nSPS) is 16.2. The van der Waals surface area contributed by atoms with Gasteiger partial charge in [0.15, 0.2) is 0 Å². The molecule has 0 N–H and O–H groups in total. The van der Waals surface area contributed by atoms with Crippen molar-refractivity contribution in [1.29, 1.82) is 0 Å². The number of anilines is 3. The van der Waals surface area contributed by atoms with E-state index in [4.69, 9.17) is 9.15 Å². The lowest BCUT2D eigenvalue weighted by atomic mass is 9.72. The van der Waals surface area contributed by atoms with E-state index in [1.54, 1.807) is 0 Å². The Hall–Kier alpha value is -8.40. The first-order valence-electron chi connectivity index (χ1n) is 28.4. The van der Waals surface area contributed by atoms with Crippen molar-refractivity contribution in [2.45, 2.75) is 104 Å². The van der Waals surface area contributed by atoms with Crippen molar-refractivity contribution in [2.75, 3.05) is 4.90 Å². The fraction of sp³-hybridized carbons (Fsp3) is 0.211. The average molecular weight is 1020 g/mol. The van der Waals surface area contributed by atoms with Gasteiger partial charge in [-0.25, -0.2) is 0 Å². The zero-order valence-corrected chi connectivity index (χ0v) is 47.1. The van der Waals surface area contributed by atoms with E-state index < -0.39 is 0 Å². The molecule has 384 valence electrons. The van der Waals surface area contributed by atoms with Crippen molar-refractivity contribution in [3.8, 4) is 72.5 Å². The molecule has 0 fully saturated rings. The number of benzene rings is 10. The van der Waals surface area contributed by atoms with Crippen LogP contribution in [0.4, 0.5) is 17.1 Å². The Morgan fingerprint density at radius 1 is 0.405 bits per heavy atom. The molecular weight excluding hydrogens is 959 g/mol. The molecule has 5 aliphatic rings. The fourth-order valence-corrected chi connectivity index (χ4v) is 16.1. The van der Waals surface area contributed by atoms with E-state index in [1.807, 2.05) is 0 Å². The van der Waals surface area contributed by atoms with Crippen LogP contribution in [-0.2, 0) is 28.3 Å². The van der Waals surface area contributed by atoms with Gasteiger partial charge >= 0.3 is 0 Å². The maximum absolute atomic E-state index is 7.11. The summed E-state index contributed by atoms with van der Waals surface area (Å²) < 4.78 is 14.2. The average Bonchev–Trinajstić information content (AvgIpc) is 4.34. The molecule has 0 saturated carbocycles. The minimum Gasteiger partial charge on any atom is -0.488 e. The third-order valence-electron chi connectivity index (χ3n) is 19.7. The van der Waals surface area contributed by atoms with E-state index in [0.29, 0.717) is 6.61 Å². The Kier molecular flexibility index (Phi) is 9.13. The monoisotopic (exact) mass is 1020 g/mol. The summed E-state index contributed by atoms with van der Waals surface area (Å²) in [6.07, 6.45) is 0. The van der Waals surface area contributed by atoms with E-state index in [-0.39, 0.29) is 21.7 Å². The molecule has 0 saturated heterocycles. The molecule has 1 aromatic heterocycles. The molecule has 0 spiro atoms. The van der Waals surface area contributed by atoms with Crippen molar-refractivity contribution in [1.82, 2.24) is 0 Å². The quantitative estimate of drug-likeness (QED) is 0.176. The summed E-state index contributed by atoms with van der Waals surface area (Å²) in [6, 6.07) is 64.5. The number of para-hydroxylation sites is 1. The van der Waals surface area contributed by atoms with E-state index in [1.165, 1.54) is 144 Å². The number of ether oxygens (including phenoxy) is 1. The third-order valence-corrected chi connectivity index (χ3v) is 19.7. The van der Waals surface area contributed by atoms with Crippen LogP contribution in [0.2, 0.25) is 0 Å². The van der Waals surface area contributed by atoms with Crippen LogP contribution in [0.25, 0.3) is 88.7 Å². The Morgan fingerprint density at radius 2 is 0.937 bits per heavy atom. The number of fused-ring (bicyclic) bond motifs is 22. The molecule has 16 rings (SSSR count). The summed E-state index contributed by atoms with van der Waals surface area (Å²) in [6.45, 7) is 26.7. The number of hydrogen-bond donors (Lipinski definition) is 0. The molecule has 0 radical (unpaired) electrons. The number of hydrogen-bond acceptors (Lipinski definition) is 3. The summed E-state index contributed by atoms with van der Waals surface area (Å²) in [7, 11) is 0. The van der Waals surface area contributed by atoms with Gasteiger partial charge in [-0.3, -0.25) is 0 Å². The van der Waals surface area contributed by atoms with Gasteiger partial charge in [-0.2, -0.15) is 0 Å². The third kappa shape index (κ3) is 5.93. The lowest BCUT2D eigenvalue weighted by Crippen LogP contribution is -2.24. The molecule has 0 atom stereocenters. The maximum Gasteiger partial charge on any atom is 0.144 e. The van der Waals surface area contributed by atoms with Crippen LogP contribution in [0.15, 0.2) is 174 Å². The first kappa shape index (κ1) is 46.7. The second-order valence-corrected chi connectivity index (χ2v) is 25.7. The number of nitrogens with zero attached hydrogens (tertiary/aromatic N) is 1. The topological polar surface area (TPSA) is 25.6 Å². The van der Waals surface area contributed by atoms with Gasteiger partial charge < -0.3 is 14.1 Å². The second-order valence-electron chi connectivity index (χ2n) is 25.7. The molecule has 79 heavy (non-hydrogen) atoms. The van der Waals surface area contributed by atoms with Crippen LogP contribution in [0.3, 0.4) is 0 Å². The molecule has 2 heterocycles. The van der Waals surface area contributed by atoms with Crippen LogP contribution in [-0.4, -0.2) is 0 Å². The number of furan rings is 1.